The molecule has 4 aliphatic heterocycles. The number of fused-ring (bicyclic) bond motifs is 4. The Morgan fingerprint density at radius 3 is 1.25 bits per heavy atom. The lowest BCUT2D eigenvalue weighted by Crippen LogP contribution is -2.44. The predicted molar refractivity (Wildman–Crippen MR) is 379 cm³/mol. The van der Waals surface area contributed by atoms with Gasteiger partial charge in [0.1, 0.15) is 0 Å². The minimum atomic E-state index is -1.70. The molecule has 0 amide bonds. The van der Waals surface area contributed by atoms with E-state index in [4.69, 9.17) is 56.8 Å². The molecule has 0 spiro atoms. The lowest BCUT2D eigenvalue weighted by atomic mass is 9.67. The summed E-state index contributed by atoms with van der Waals surface area (Å²) in [4.78, 5) is 24.5. The Kier molecular flexibility index (Phi) is 23.4. The number of aliphatic hydroxyl groups is 3. The van der Waals surface area contributed by atoms with Gasteiger partial charge in [-0.1, -0.05) is 36.4 Å². The lowest BCUT2D eigenvalue weighted by Gasteiger charge is -2.38. The number of phenols is 8. The first-order valence-electron chi connectivity index (χ1n) is 34.1. The predicted octanol–water partition coefficient (Wildman–Crippen LogP) is 9.61. The summed E-state index contributed by atoms with van der Waals surface area (Å²) in [5.41, 5.74) is 7.15. The van der Waals surface area contributed by atoms with Gasteiger partial charge in [-0.05, 0) is 184 Å². The van der Waals surface area contributed by atoms with Gasteiger partial charge in [-0.3, -0.25) is 4.79 Å². The van der Waals surface area contributed by atoms with E-state index in [1.165, 1.54) is 69.0 Å². The van der Waals surface area contributed by atoms with Gasteiger partial charge < -0.3 is 113 Å². The van der Waals surface area contributed by atoms with Crippen LogP contribution < -0.4 is 37.9 Å². The van der Waals surface area contributed by atoms with Crippen LogP contribution in [0, 0.1) is 41.4 Å². The van der Waals surface area contributed by atoms with Crippen LogP contribution in [0.15, 0.2) is 133 Å². The molecule has 25 nitrogen and oxygen atoms in total. The van der Waals surface area contributed by atoms with E-state index in [-0.39, 0.29) is 144 Å². The zero-order valence-electron chi connectivity index (χ0n) is 59.3. The number of hydrogen-bond acceptors (Lipinski definition) is 25. The Morgan fingerprint density at radius 2 is 0.790 bits per heavy atom. The molecule has 0 bridgehead atoms. The van der Waals surface area contributed by atoms with Crippen LogP contribution in [0.5, 0.6) is 92.0 Å². The van der Waals surface area contributed by atoms with Crippen LogP contribution >= 0.6 is 0 Å². The van der Waals surface area contributed by atoms with Crippen LogP contribution in [0.1, 0.15) is 79.7 Å². The number of esters is 2. The second kappa shape index (κ2) is 32.5. The number of aromatic hydroxyl groups is 8. The molecule has 4 saturated heterocycles. The van der Waals surface area contributed by atoms with E-state index < -0.39 is 17.5 Å². The van der Waals surface area contributed by atoms with Crippen LogP contribution in [0.25, 0.3) is 0 Å². The van der Waals surface area contributed by atoms with Crippen molar-refractivity contribution in [1.82, 2.24) is 0 Å². The summed E-state index contributed by atoms with van der Waals surface area (Å²) in [5.74, 6) is 1.40. The zero-order chi connectivity index (χ0) is 75.1. The van der Waals surface area contributed by atoms with Gasteiger partial charge in [0, 0.05) is 55.1 Å². The molecule has 0 saturated carbocycles. The molecule has 2 aliphatic carbocycles. The fourth-order valence-electron chi connectivity index (χ4n) is 15.4. The third kappa shape index (κ3) is 15.5. The zero-order valence-corrected chi connectivity index (χ0v) is 59.3. The maximum Gasteiger partial charge on any atom is 0.338 e. The van der Waals surface area contributed by atoms with E-state index in [1.54, 1.807) is 91.0 Å². The molecular weight excluding hydrogens is 1360 g/mol. The Hall–Kier alpha value is -10.7. The highest BCUT2D eigenvalue weighted by Gasteiger charge is 2.52. The quantitative estimate of drug-likeness (QED) is 0.0356. The molecule has 11 N–H and O–H groups in total. The van der Waals surface area contributed by atoms with Crippen LogP contribution in [0.3, 0.4) is 0 Å². The first-order chi connectivity index (χ1) is 50.5. The minimum absolute atomic E-state index is 0.0185. The SMILES string of the molecule is COc1cc(C2OCC3C(c4ccc(O)c(OC)c4)OCC23)ccc1O.COc1cc(C2c3cc(O)c(OC)cc3CC(CO)C2CO)ccc1O.COc1cc(C2c3cc(O)c(OC)cc3CC3C(=O)OCC32)ccc1O.COc1cc(CC2COC(=O)C2(O)Cc2ccc(O)c(OC)c2)ccc1O. The highest BCUT2D eigenvalue weighted by atomic mass is 16.6. The number of carbonyl (C=O) groups excluding carboxylic acids is 2. The van der Waals surface area contributed by atoms with Crippen molar-refractivity contribution in [3.8, 4) is 92.0 Å². The Balaban J connectivity index is 0.000000140. The summed E-state index contributed by atoms with van der Waals surface area (Å²) in [7, 11) is 11.9. The molecule has 12 atom stereocenters. The molecule has 8 aromatic rings. The number of aliphatic hydroxyl groups excluding tert-OH is 2. The second-order valence-corrected chi connectivity index (χ2v) is 26.7. The third-order valence-electron chi connectivity index (χ3n) is 21.0. The van der Waals surface area contributed by atoms with Crippen molar-refractivity contribution in [3.05, 3.63) is 189 Å². The first-order valence-corrected chi connectivity index (χ1v) is 34.1. The van der Waals surface area contributed by atoms with Crippen molar-refractivity contribution >= 4 is 11.9 Å². The standard InChI is InChI=1S/C20H22O7.C20H22O6.C20H20O6.C20H24O6/c1-25-17-8-12(3-5-15(17)21)7-14-11-27-19(23)20(14,24)10-13-4-6-16(22)18(9-13)26-2;1-23-17-7-11(3-5-15(17)21)19-13-9-26-20(14(13)10-25-19)12-4-6-16(22)18(8-12)24-2;1-24-17-6-10(3-4-15(17)21)19-12-8-16(22)18(25-2)7-11(12)5-13-14(19)9-26-20(13)23;1-25-18-6-11(3-4-16(18)23)20-14-8-17(24)19(26-2)7-12(14)5-13(9-21)15(20)10-22/h3-6,8-9,14,21-22,24H,7,10-11H2,1-2H3;3-8,13-14,19-22H,9-10H2,1-2H3;3-4,6-8,13-14,19,21-22H,5,9H2,1-2H3;3-4,6-8,13,15,20-24H,5,9-10H2,1-2H3. The topological polar surface area (TPSA) is 367 Å². The third-order valence-corrected chi connectivity index (χ3v) is 21.0. The summed E-state index contributed by atoms with van der Waals surface area (Å²) < 4.78 is 64.1. The van der Waals surface area contributed by atoms with Gasteiger partial charge in [0.15, 0.2) is 97.6 Å². The van der Waals surface area contributed by atoms with Gasteiger partial charge in [-0.2, -0.15) is 0 Å². The molecule has 558 valence electrons. The van der Waals surface area contributed by atoms with Crippen molar-refractivity contribution in [2.45, 2.75) is 55.3 Å². The fourth-order valence-corrected chi connectivity index (χ4v) is 15.4. The molecule has 0 aromatic heterocycles. The van der Waals surface area contributed by atoms with E-state index in [0.717, 1.165) is 50.1 Å². The first kappa shape index (κ1) is 75.5. The van der Waals surface area contributed by atoms with E-state index in [2.05, 4.69) is 0 Å². The van der Waals surface area contributed by atoms with E-state index >= 15 is 0 Å². The number of cyclic esters (lactones) is 2. The van der Waals surface area contributed by atoms with Gasteiger partial charge in [0.2, 0.25) is 0 Å². The Labute approximate surface area is 606 Å². The van der Waals surface area contributed by atoms with Gasteiger partial charge >= 0.3 is 11.9 Å². The van der Waals surface area contributed by atoms with Crippen molar-refractivity contribution in [3.63, 3.8) is 0 Å². The largest absolute Gasteiger partial charge is 0.504 e. The summed E-state index contributed by atoms with van der Waals surface area (Å²) in [6, 6.07) is 37.3. The normalized spacial score (nSPS) is 23.7. The fraction of sp³-hybridized carbons (Fsp3) is 0.375. The molecule has 12 unspecified atom stereocenters. The second-order valence-electron chi connectivity index (χ2n) is 26.7. The van der Waals surface area contributed by atoms with Gasteiger partial charge in [-0.25, -0.2) is 4.79 Å². The van der Waals surface area contributed by atoms with Crippen molar-refractivity contribution in [2.75, 3.05) is 96.5 Å². The molecular formula is C80H88O25. The monoisotopic (exact) mass is 1450 g/mol. The number of methoxy groups -OCH3 is 8. The number of ether oxygens (including phenoxy) is 12. The maximum atomic E-state index is 12.3. The molecule has 8 aromatic carbocycles. The molecule has 105 heavy (non-hydrogen) atoms. The number of hydrogen-bond donors (Lipinski definition) is 11. The minimum Gasteiger partial charge on any atom is -0.504 e. The van der Waals surface area contributed by atoms with Crippen molar-refractivity contribution in [2.24, 2.45) is 41.4 Å². The smallest absolute Gasteiger partial charge is 0.338 e. The molecule has 25 heteroatoms. The van der Waals surface area contributed by atoms with Gasteiger partial charge in [0.25, 0.3) is 0 Å². The Bertz CT molecular complexity index is 4360. The number of phenolic OH excluding ortho intramolecular Hbond substituents is 8. The molecule has 0 radical (unpaired) electrons. The summed E-state index contributed by atoms with van der Waals surface area (Å²) in [6.07, 6.45) is 1.34. The number of carbonyl (C=O) groups is 2. The van der Waals surface area contributed by atoms with E-state index in [9.17, 15) is 65.8 Å². The highest BCUT2D eigenvalue weighted by Crippen LogP contribution is 2.54. The van der Waals surface area contributed by atoms with Gasteiger partial charge in [-0.15, -0.1) is 0 Å². The van der Waals surface area contributed by atoms with Gasteiger partial charge in [0.05, 0.1) is 101 Å². The molecule has 4 fully saturated rings. The number of rotatable bonds is 18. The molecule has 14 rings (SSSR count). The molecule has 4 heterocycles. The highest BCUT2D eigenvalue weighted by molar-refractivity contribution is 5.82. The summed E-state index contributed by atoms with van der Waals surface area (Å²) >= 11 is 0. The van der Waals surface area contributed by atoms with E-state index in [0.29, 0.717) is 84.9 Å². The Morgan fingerprint density at radius 1 is 0.400 bits per heavy atom. The van der Waals surface area contributed by atoms with Crippen LogP contribution in [0.4, 0.5) is 0 Å². The van der Waals surface area contributed by atoms with Crippen molar-refractivity contribution in [1.29, 1.82) is 0 Å². The average Bonchev–Trinajstić information content (AvgIpc) is 1.68. The van der Waals surface area contributed by atoms with Crippen LogP contribution in [0.2, 0.25) is 0 Å². The van der Waals surface area contributed by atoms with Crippen molar-refractivity contribution < 1.29 is 123 Å². The number of benzene rings is 8. The van der Waals surface area contributed by atoms with Crippen LogP contribution in [-0.2, 0) is 54.2 Å². The lowest BCUT2D eigenvalue weighted by molar-refractivity contribution is -0.154. The summed E-state index contributed by atoms with van der Waals surface area (Å²) in [6.45, 7) is 1.45. The van der Waals surface area contributed by atoms with Crippen LogP contribution in [-0.4, -0.2) is 170 Å². The average molecular weight is 1450 g/mol. The van der Waals surface area contributed by atoms with E-state index in [1.807, 2.05) is 30.3 Å². The molecule has 6 aliphatic rings. The summed E-state index contributed by atoms with van der Waals surface area (Å²) in [5, 5.41) is 110. The maximum absolute atomic E-state index is 12.3.